The van der Waals surface area contributed by atoms with E-state index in [4.69, 9.17) is 4.42 Å². The van der Waals surface area contributed by atoms with Crippen molar-refractivity contribution in [2.75, 3.05) is 19.6 Å². The second-order valence-corrected chi connectivity index (χ2v) is 6.38. The number of aliphatic carboxylic acids is 1. The van der Waals surface area contributed by atoms with Crippen LogP contribution in [-0.2, 0) is 16.1 Å². The Kier molecular flexibility index (Phi) is 5.75. The van der Waals surface area contributed by atoms with Crippen LogP contribution in [0.4, 0.5) is 4.79 Å². The van der Waals surface area contributed by atoms with E-state index in [-0.39, 0.29) is 31.5 Å². The zero-order valence-electron chi connectivity index (χ0n) is 14.6. The number of carbonyl (C=O) groups is 3. The Balaban J connectivity index is 1.52. The molecule has 3 rings (SSSR count). The van der Waals surface area contributed by atoms with E-state index in [9.17, 15) is 19.5 Å². The van der Waals surface area contributed by atoms with Crippen LogP contribution in [0.2, 0.25) is 0 Å². The van der Waals surface area contributed by atoms with Crippen LogP contribution in [0.1, 0.15) is 17.2 Å². The largest absolute Gasteiger partial charge is 0.481 e. The third kappa shape index (κ3) is 4.66. The molecule has 2 atom stereocenters. The third-order valence-corrected chi connectivity index (χ3v) is 4.62. The first-order valence-corrected chi connectivity index (χ1v) is 8.64. The van der Waals surface area contributed by atoms with Crippen molar-refractivity contribution in [3.05, 3.63) is 60.1 Å². The molecular weight excluding hydrogens is 350 g/mol. The quantitative estimate of drug-likeness (QED) is 0.711. The molecule has 1 fully saturated rings. The number of furan rings is 1. The van der Waals surface area contributed by atoms with Crippen LogP contribution in [0.15, 0.2) is 53.1 Å². The topological polar surface area (TPSA) is 112 Å². The number of benzene rings is 1. The van der Waals surface area contributed by atoms with Gasteiger partial charge in [0, 0.05) is 19.0 Å². The number of hydrogen-bond donors (Lipinski definition) is 3. The molecule has 0 saturated carbocycles. The molecule has 1 saturated heterocycles. The molecule has 8 nitrogen and oxygen atoms in total. The van der Waals surface area contributed by atoms with E-state index in [1.807, 2.05) is 30.3 Å². The van der Waals surface area contributed by atoms with Crippen LogP contribution < -0.4 is 10.6 Å². The van der Waals surface area contributed by atoms with E-state index < -0.39 is 17.9 Å². The molecule has 1 aromatic heterocycles. The van der Waals surface area contributed by atoms with E-state index in [2.05, 4.69) is 10.6 Å². The summed E-state index contributed by atoms with van der Waals surface area (Å²) in [5.74, 6) is -1.56. The Morgan fingerprint density at radius 1 is 1.07 bits per heavy atom. The lowest BCUT2D eigenvalue weighted by Gasteiger charge is -2.17. The molecule has 2 heterocycles. The Hall–Kier alpha value is -3.29. The van der Waals surface area contributed by atoms with Gasteiger partial charge in [0.1, 0.15) is 5.76 Å². The zero-order valence-corrected chi connectivity index (χ0v) is 14.6. The summed E-state index contributed by atoms with van der Waals surface area (Å²) >= 11 is 0. The summed E-state index contributed by atoms with van der Waals surface area (Å²) in [5, 5.41) is 14.6. The lowest BCUT2D eigenvalue weighted by molar-refractivity contribution is -0.141. The van der Waals surface area contributed by atoms with Crippen molar-refractivity contribution in [3.63, 3.8) is 0 Å². The number of nitrogens with one attached hydrogen (secondary N) is 2. The van der Waals surface area contributed by atoms with E-state index in [1.165, 1.54) is 11.2 Å². The number of carboxylic acids is 1. The normalized spacial score (nSPS) is 18.9. The maximum atomic E-state index is 12.4. The van der Waals surface area contributed by atoms with Gasteiger partial charge in [0.15, 0.2) is 0 Å². The number of rotatable bonds is 6. The molecule has 142 valence electrons. The molecule has 1 aliphatic heterocycles. The van der Waals surface area contributed by atoms with Crippen molar-refractivity contribution in [2.45, 2.75) is 12.5 Å². The van der Waals surface area contributed by atoms with Gasteiger partial charge in [-0.3, -0.25) is 9.59 Å². The second-order valence-electron chi connectivity index (χ2n) is 6.38. The third-order valence-electron chi connectivity index (χ3n) is 4.62. The molecule has 1 aliphatic rings. The minimum atomic E-state index is -0.927. The number of carbonyl (C=O) groups excluding carboxylic acids is 2. The van der Waals surface area contributed by atoms with Gasteiger partial charge in [-0.1, -0.05) is 30.3 Å². The number of hydrogen-bond acceptors (Lipinski definition) is 4. The molecule has 0 unspecified atom stereocenters. The maximum Gasteiger partial charge on any atom is 0.315 e. The highest BCUT2D eigenvalue weighted by molar-refractivity contribution is 5.85. The van der Waals surface area contributed by atoms with Crippen molar-refractivity contribution in [1.82, 2.24) is 15.5 Å². The summed E-state index contributed by atoms with van der Waals surface area (Å²) in [6, 6.07) is 12.3. The SMILES string of the molecule is O=C(NCC(=O)N1C[C@H](c2ccccc2)[C@H](C(=O)O)C1)NCc1ccco1. The molecule has 8 heteroatoms. The first-order valence-electron chi connectivity index (χ1n) is 8.64. The summed E-state index contributed by atoms with van der Waals surface area (Å²) < 4.78 is 5.11. The number of carboxylic acid groups (broad SMARTS) is 1. The van der Waals surface area contributed by atoms with Crippen LogP contribution in [0.3, 0.4) is 0 Å². The highest BCUT2D eigenvalue weighted by atomic mass is 16.4. The van der Waals surface area contributed by atoms with Crippen molar-refractivity contribution in [3.8, 4) is 0 Å². The van der Waals surface area contributed by atoms with Gasteiger partial charge >= 0.3 is 12.0 Å². The molecule has 3 N–H and O–H groups in total. The summed E-state index contributed by atoms with van der Waals surface area (Å²) in [6.07, 6.45) is 1.51. The van der Waals surface area contributed by atoms with Gasteiger partial charge in [-0.25, -0.2) is 4.79 Å². The van der Waals surface area contributed by atoms with Gasteiger partial charge in [0.05, 0.1) is 25.3 Å². The number of likely N-dealkylation sites (tertiary alicyclic amines) is 1. The van der Waals surface area contributed by atoms with E-state index >= 15 is 0 Å². The number of nitrogens with zero attached hydrogens (tertiary/aromatic N) is 1. The van der Waals surface area contributed by atoms with Crippen molar-refractivity contribution >= 4 is 17.9 Å². The van der Waals surface area contributed by atoms with E-state index in [0.717, 1.165) is 5.56 Å². The van der Waals surface area contributed by atoms with Gasteiger partial charge in [0.25, 0.3) is 0 Å². The van der Waals surface area contributed by atoms with Crippen LogP contribution in [0, 0.1) is 5.92 Å². The summed E-state index contributed by atoms with van der Waals surface area (Å²) in [5.41, 5.74) is 0.893. The molecule has 0 aliphatic carbocycles. The molecule has 0 spiro atoms. The summed E-state index contributed by atoms with van der Waals surface area (Å²) in [6.45, 7) is 0.463. The van der Waals surface area contributed by atoms with Gasteiger partial charge in [-0.05, 0) is 17.7 Å². The number of urea groups is 1. The Labute approximate surface area is 156 Å². The molecule has 0 radical (unpaired) electrons. The summed E-state index contributed by atoms with van der Waals surface area (Å²) in [7, 11) is 0. The molecule has 3 amide bonds. The monoisotopic (exact) mass is 371 g/mol. The highest BCUT2D eigenvalue weighted by Gasteiger charge is 2.40. The fourth-order valence-corrected chi connectivity index (χ4v) is 3.21. The molecular formula is C19H21N3O5. The predicted octanol–water partition coefficient (Wildman–Crippen LogP) is 1.41. The molecule has 2 aromatic rings. The highest BCUT2D eigenvalue weighted by Crippen LogP contribution is 2.32. The van der Waals surface area contributed by atoms with Crippen LogP contribution in [-0.4, -0.2) is 47.5 Å². The standard InChI is InChI=1S/C19H21N3O5/c23-17(10-21-19(26)20-9-14-7-4-8-27-14)22-11-15(16(12-22)18(24)25)13-5-2-1-3-6-13/h1-8,15-16H,9-12H2,(H,24,25)(H2,20,21,26)/t15-,16-/m1/s1. The zero-order chi connectivity index (χ0) is 19.2. The predicted molar refractivity (Wildman–Crippen MR) is 95.8 cm³/mol. The smallest absolute Gasteiger partial charge is 0.315 e. The van der Waals surface area contributed by atoms with Crippen molar-refractivity contribution < 1.29 is 23.9 Å². The Morgan fingerprint density at radius 2 is 1.85 bits per heavy atom. The van der Waals surface area contributed by atoms with E-state index in [0.29, 0.717) is 12.3 Å². The fraction of sp³-hybridized carbons (Fsp3) is 0.316. The fourth-order valence-electron chi connectivity index (χ4n) is 3.21. The first-order chi connectivity index (χ1) is 13.0. The average molecular weight is 371 g/mol. The van der Waals surface area contributed by atoms with Crippen LogP contribution in [0.25, 0.3) is 0 Å². The number of amides is 3. The molecule has 1 aromatic carbocycles. The minimum Gasteiger partial charge on any atom is -0.481 e. The maximum absolute atomic E-state index is 12.4. The van der Waals surface area contributed by atoms with Gasteiger partial charge in [-0.2, -0.15) is 0 Å². The van der Waals surface area contributed by atoms with Gasteiger partial charge in [-0.15, -0.1) is 0 Å². The van der Waals surface area contributed by atoms with Crippen molar-refractivity contribution in [1.29, 1.82) is 0 Å². The van der Waals surface area contributed by atoms with E-state index in [1.54, 1.807) is 12.1 Å². The van der Waals surface area contributed by atoms with Crippen molar-refractivity contribution in [2.24, 2.45) is 5.92 Å². The average Bonchev–Trinajstić information content (AvgIpc) is 3.35. The lowest BCUT2D eigenvalue weighted by atomic mass is 9.89. The Morgan fingerprint density at radius 3 is 2.52 bits per heavy atom. The lowest BCUT2D eigenvalue weighted by Crippen LogP contribution is -2.43. The first kappa shape index (κ1) is 18.5. The van der Waals surface area contributed by atoms with Crippen LogP contribution in [0.5, 0.6) is 0 Å². The minimum absolute atomic E-state index is 0.128. The Bertz CT molecular complexity index is 791. The summed E-state index contributed by atoms with van der Waals surface area (Å²) in [4.78, 5) is 37.3. The second kappa shape index (κ2) is 8.39. The van der Waals surface area contributed by atoms with Crippen LogP contribution >= 0.6 is 0 Å². The molecule has 0 bridgehead atoms. The molecule has 27 heavy (non-hydrogen) atoms. The van der Waals surface area contributed by atoms with Gasteiger partial charge in [0.2, 0.25) is 5.91 Å². The van der Waals surface area contributed by atoms with Gasteiger partial charge < -0.3 is 25.1 Å².